The molecule has 0 aromatic heterocycles. The molecule has 4 nitrogen and oxygen atoms in total. The van der Waals surface area contributed by atoms with Gasteiger partial charge < -0.3 is 15.8 Å². The summed E-state index contributed by atoms with van der Waals surface area (Å²) in [6, 6.07) is 6.02. The molecule has 1 aliphatic rings. The summed E-state index contributed by atoms with van der Waals surface area (Å²) in [5.74, 6) is 0.0292. The molecule has 0 spiro atoms. The lowest BCUT2D eigenvalue weighted by atomic mass is 10.0. The molecular formula is C15H22N2O2. The van der Waals surface area contributed by atoms with Crippen LogP contribution in [0.2, 0.25) is 0 Å². The molecule has 0 saturated carbocycles. The van der Waals surface area contributed by atoms with Crippen molar-refractivity contribution in [1.29, 1.82) is 0 Å². The standard InChI is InChI=1S/C15H22N2O2/c1-15(2,19-3)9-14(18)17-13-7-4-10-8-11(16)5-6-12(10)13/h5-6,8,13H,4,7,9,16H2,1-3H3,(H,17,18). The van der Waals surface area contributed by atoms with E-state index in [0.29, 0.717) is 6.42 Å². The number of carbonyl (C=O) groups excluding carboxylic acids is 1. The molecule has 1 unspecified atom stereocenters. The van der Waals surface area contributed by atoms with Gasteiger partial charge in [0.2, 0.25) is 5.91 Å². The molecule has 3 N–H and O–H groups in total. The molecule has 2 rings (SSSR count). The van der Waals surface area contributed by atoms with Crippen molar-refractivity contribution in [2.45, 2.75) is 44.8 Å². The number of ether oxygens (including phenoxy) is 1. The van der Waals surface area contributed by atoms with Gasteiger partial charge in [-0.1, -0.05) is 6.07 Å². The van der Waals surface area contributed by atoms with Gasteiger partial charge in [-0.3, -0.25) is 4.79 Å². The summed E-state index contributed by atoms with van der Waals surface area (Å²) in [6.07, 6.45) is 2.28. The van der Waals surface area contributed by atoms with Gasteiger partial charge in [-0.15, -0.1) is 0 Å². The molecule has 104 valence electrons. The van der Waals surface area contributed by atoms with E-state index in [0.717, 1.165) is 18.5 Å². The second kappa shape index (κ2) is 5.21. The Morgan fingerprint density at radius 3 is 2.95 bits per heavy atom. The summed E-state index contributed by atoms with van der Waals surface area (Å²) in [6.45, 7) is 3.83. The van der Waals surface area contributed by atoms with Crippen molar-refractivity contribution in [2.75, 3.05) is 12.8 Å². The molecule has 0 heterocycles. The van der Waals surface area contributed by atoms with Gasteiger partial charge in [0.25, 0.3) is 0 Å². The van der Waals surface area contributed by atoms with E-state index in [9.17, 15) is 4.79 Å². The second-order valence-corrected chi connectivity index (χ2v) is 5.76. The van der Waals surface area contributed by atoms with E-state index in [-0.39, 0.29) is 11.9 Å². The number of aryl methyl sites for hydroxylation is 1. The second-order valence-electron chi connectivity index (χ2n) is 5.76. The quantitative estimate of drug-likeness (QED) is 0.817. The van der Waals surface area contributed by atoms with E-state index in [1.807, 2.05) is 32.0 Å². The molecule has 0 aliphatic heterocycles. The third-order valence-corrected chi connectivity index (χ3v) is 3.72. The summed E-state index contributed by atoms with van der Waals surface area (Å²) < 4.78 is 5.28. The zero-order valence-electron chi connectivity index (χ0n) is 11.8. The van der Waals surface area contributed by atoms with E-state index < -0.39 is 5.60 Å². The maximum absolute atomic E-state index is 12.0. The maximum Gasteiger partial charge on any atom is 0.223 e. The Kier molecular flexibility index (Phi) is 3.80. The fourth-order valence-corrected chi connectivity index (χ4v) is 2.49. The van der Waals surface area contributed by atoms with Crippen LogP contribution in [0, 0.1) is 0 Å². The van der Waals surface area contributed by atoms with Crippen molar-refractivity contribution in [2.24, 2.45) is 0 Å². The molecule has 0 radical (unpaired) electrons. The summed E-state index contributed by atoms with van der Waals surface area (Å²) in [5.41, 5.74) is 8.57. The van der Waals surface area contributed by atoms with Crippen molar-refractivity contribution < 1.29 is 9.53 Å². The molecule has 0 saturated heterocycles. The molecule has 19 heavy (non-hydrogen) atoms. The maximum atomic E-state index is 12.0. The summed E-state index contributed by atoms with van der Waals surface area (Å²) in [7, 11) is 1.63. The lowest BCUT2D eigenvalue weighted by Crippen LogP contribution is -2.35. The van der Waals surface area contributed by atoms with Crippen LogP contribution in [0.4, 0.5) is 5.69 Å². The minimum atomic E-state index is -0.424. The number of nitrogens with one attached hydrogen (secondary N) is 1. The first-order valence-electron chi connectivity index (χ1n) is 6.64. The number of fused-ring (bicyclic) bond motifs is 1. The summed E-state index contributed by atoms with van der Waals surface area (Å²) >= 11 is 0. The van der Waals surface area contributed by atoms with E-state index in [4.69, 9.17) is 10.5 Å². The predicted molar refractivity (Wildman–Crippen MR) is 75.8 cm³/mol. The lowest BCUT2D eigenvalue weighted by Gasteiger charge is -2.23. The molecule has 0 fully saturated rings. The van der Waals surface area contributed by atoms with Crippen molar-refractivity contribution in [3.63, 3.8) is 0 Å². The van der Waals surface area contributed by atoms with Crippen LogP contribution < -0.4 is 11.1 Å². The molecular weight excluding hydrogens is 240 g/mol. The van der Waals surface area contributed by atoms with Crippen LogP contribution in [0.1, 0.15) is 43.9 Å². The number of rotatable bonds is 4. The predicted octanol–water partition coefficient (Wildman–Crippen LogP) is 2.19. The van der Waals surface area contributed by atoms with Crippen LogP contribution in [0.5, 0.6) is 0 Å². The van der Waals surface area contributed by atoms with Gasteiger partial charge in [-0.05, 0) is 49.9 Å². The number of anilines is 1. The number of amides is 1. The Hall–Kier alpha value is -1.55. The molecule has 1 aromatic rings. The Balaban J connectivity index is 2.01. The van der Waals surface area contributed by atoms with Crippen molar-refractivity contribution in [3.05, 3.63) is 29.3 Å². The van der Waals surface area contributed by atoms with Crippen LogP contribution in [-0.4, -0.2) is 18.6 Å². The fraction of sp³-hybridized carbons (Fsp3) is 0.533. The number of methoxy groups -OCH3 is 1. The van der Waals surface area contributed by atoms with Gasteiger partial charge in [0.15, 0.2) is 0 Å². The Morgan fingerprint density at radius 2 is 2.26 bits per heavy atom. The van der Waals surface area contributed by atoms with Gasteiger partial charge >= 0.3 is 0 Å². The SMILES string of the molecule is COC(C)(C)CC(=O)NC1CCc2cc(N)ccc21. The molecule has 1 aromatic carbocycles. The zero-order chi connectivity index (χ0) is 14.0. The highest BCUT2D eigenvalue weighted by Gasteiger charge is 2.27. The topological polar surface area (TPSA) is 64.3 Å². The monoisotopic (exact) mass is 262 g/mol. The van der Waals surface area contributed by atoms with Crippen LogP contribution in [-0.2, 0) is 16.0 Å². The first kappa shape index (κ1) is 13.9. The zero-order valence-corrected chi connectivity index (χ0v) is 11.8. The van der Waals surface area contributed by atoms with Gasteiger partial charge in [0.05, 0.1) is 18.1 Å². The van der Waals surface area contributed by atoms with Crippen molar-refractivity contribution in [1.82, 2.24) is 5.32 Å². The van der Waals surface area contributed by atoms with Crippen LogP contribution in [0.15, 0.2) is 18.2 Å². The smallest absolute Gasteiger partial charge is 0.223 e. The number of hydrogen-bond acceptors (Lipinski definition) is 3. The molecule has 1 atom stereocenters. The average molecular weight is 262 g/mol. The molecule has 4 heteroatoms. The van der Waals surface area contributed by atoms with Crippen molar-refractivity contribution in [3.8, 4) is 0 Å². The number of hydrogen-bond donors (Lipinski definition) is 2. The number of nitrogens with two attached hydrogens (primary N) is 1. The van der Waals surface area contributed by atoms with Gasteiger partial charge in [-0.2, -0.15) is 0 Å². The third-order valence-electron chi connectivity index (χ3n) is 3.72. The minimum absolute atomic E-state index is 0.0292. The minimum Gasteiger partial charge on any atom is -0.399 e. The Bertz CT molecular complexity index is 483. The first-order chi connectivity index (χ1) is 8.91. The molecule has 0 bridgehead atoms. The number of nitrogen functional groups attached to an aromatic ring is 1. The Labute approximate surface area is 114 Å². The van der Waals surface area contributed by atoms with E-state index >= 15 is 0 Å². The third kappa shape index (κ3) is 3.26. The summed E-state index contributed by atoms with van der Waals surface area (Å²) in [5, 5.41) is 3.09. The van der Waals surface area contributed by atoms with Gasteiger partial charge in [-0.25, -0.2) is 0 Å². The largest absolute Gasteiger partial charge is 0.399 e. The highest BCUT2D eigenvalue weighted by Crippen LogP contribution is 2.32. The van der Waals surface area contributed by atoms with E-state index in [1.165, 1.54) is 11.1 Å². The summed E-state index contributed by atoms with van der Waals surface area (Å²) in [4.78, 5) is 12.0. The fourth-order valence-electron chi connectivity index (χ4n) is 2.49. The van der Waals surface area contributed by atoms with Gasteiger partial charge in [0.1, 0.15) is 0 Å². The van der Waals surface area contributed by atoms with Crippen LogP contribution in [0.3, 0.4) is 0 Å². The average Bonchev–Trinajstić information content (AvgIpc) is 2.71. The van der Waals surface area contributed by atoms with E-state index in [1.54, 1.807) is 7.11 Å². The van der Waals surface area contributed by atoms with Crippen molar-refractivity contribution >= 4 is 11.6 Å². The first-order valence-corrected chi connectivity index (χ1v) is 6.64. The highest BCUT2D eigenvalue weighted by atomic mass is 16.5. The molecule has 1 amide bonds. The van der Waals surface area contributed by atoms with Crippen LogP contribution in [0.25, 0.3) is 0 Å². The highest BCUT2D eigenvalue weighted by molar-refractivity contribution is 5.77. The van der Waals surface area contributed by atoms with Gasteiger partial charge in [0, 0.05) is 12.8 Å². The number of carbonyl (C=O) groups is 1. The Morgan fingerprint density at radius 1 is 1.53 bits per heavy atom. The van der Waals surface area contributed by atoms with Crippen LogP contribution >= 0.6 is 0 Å². The lowest BCUT2D eigenvalue weighted by molar-refractivity contribution is -0.126. The van der Waals surface area contributed by atoms with E-state index in [2.05, 4.69) is 5.32 Å². The number of benzene rings is 1. The normalized spacial score (nSPS) is 18.2. The molecule has 1 aliphatic carbocycles.